The van der Waals surface area contributed by atoms with Gasteiger partial charge in [0.15, 0.2) is 0 Å². The largest absolute Gasteiger partial charge is 0.478 e. The predicted octanol–water partition coefficient (Wildman–Crippen LogP) is 1.92. The van der Waals surface area contributed by atoms with Gasteiger partial charge >= 0.3 is 5.97 Å². The quantitative estimate of drug-likeness (QED) is 0.852. The van der Waals surface area contributed by atoms with E-state index in [0.717, 1.165) is 37.8 Å². The Labute approximate surface area is 120 Å². The van der Waals surface area contributed by atoms with E-state index in [4.69, 9.17) is 5.11 Å². The molecule has 0 spiro atoms. The molecule has 0 bridgehead atoms. The summed E-state index contributed by atoms with van der Waals surface area (Å²) in [6.07, 6.45) is 2.78. The van der Waals surface area contributed by atoms with Gasteiger partial charge in [-0.1, -0.05) is 24.3 Å². The lowest BCUT2D eigenvalue weighted by Crippen LogP contribution is -2.49. The monoisotopic (exact) mass is 274 g/mol. The molecule has 2 rings (SSSR count). The smallest absolute Gasteiger partial charge is 0.328 e. The first-order valence-electron chi connectivity index (χ1n) is 6.97. The summed E-state index contributed by atoms with van der Waals surface area (Å²) >= 11 is 0. The van der Waals surface area contributed by atoms with Crippen molar-refractivity contribution >= 4 is 12.0 Å². The molecule has 1 saturated heterocycles. The van der Waals surface area contributed by atoms with E-state index in [-0.39, 0.29) is 0 Å². The molecule has 108 valence electrons. The molecule has 1 aromatic carbocycles. The van der Waals surface area contributed by atoms with Crippen LogP contribution in [0.15, 0.2) is 30.3 Å². The Morgan fingerprint density at radius 2 is 2.05 bits per heavy atom. The van der Waals surface area contributed by atoms with E-state index in [1.807, 2.05) is 12.1 Å². The van der Waals surface area contributed by atoms with E-state index in [0.29, 0.717) is 6.04 Å². The second kappa shape index (κ2) is 6.68. The minimum atomic E-state index is -0.916. The zero-order chi connectivity index (χ0) is 14.5. The molecule has 0 amide bonds. The summed E-state index contributed by atoms with van der Waals surface area (Å²) in [5, 5.41) is 8.59. The van der Waals surface area contributed by atoms with Crippen LogP contribution in [-0.2, 0) is 11.3 Å². The molecule has 4 heteroatoms. The van der Waals surface area contributed by atoms with Crippen molar-refractivity contribution in [3.05, 3.63) is 41.5 Å². The molecule has 1 heterocycles. The number of likely N-dealkylation sites (N-methyl/N-ethyl adjacent to an activating group) is 1. The highest BCUT2D eigenvalue weighted by Gasteiger charge is 2.20. The Morgan fingerprint density at radius 3 is 2.65 bits per heavy atom. The molecule has 1 unspecified atom stereocenters. The average molecular weight is 274 g/mol. The lowest BCUT2D eigenvalue weighted by molar-refractivity contribution is -0.131. The van der Waals surface area contributed by atoms with Crippen LogP contribution in [0.4, 0.5) is 0 Å². The standard InChI is InChI=1S/C16H22N2O2/c1-13-11-18(10-9-17(13)2)12-15-5-3-14(4-6-15)7-8-16(19)20/h3-8,13H,9-12H2,1-2H3,(H,19,20). The van der Waals surface area contributed by atoms with E-state index in [1.165, 1.54) is 5.56 Å². The van der Waals surface area contributed by atoms with E-state index in [1.54, 1.807) is 6.08 Å². The maximum absolute atomic E-state index is 10.5. The molecule has 4 nitrogen and oxygen atoms in total. The van der Waals surface area contributed by atoms with Gasteiger partial charge in [0.1, 0.15) is 0 Å². The third-order valence-electron chi connectivity index (χ3n) is 3.85. The molecule has 20 heavy (non-hydrogen) atoms. The van der Waals surface area contributed by atoms with E-state index in [2.05, 4.69) is 35.9 Å². The zero-order valence-electron chi connectivity index (χ0n) is 12.1. The third kappa shape index (κ3) is 4.18. The summed E-state index contributed by atoms with van der Waals surface area (Å²) in [4.78, 5) is 15.3. The maximum Gasteiger partial charge on any atom is 0.328 e. The van der Waals surface area contributed by atoms with Crippen molar-refractivity contribution in [1.82, 2.24) is 9.80 Å². The fraction of sp³-hybridized carbons (Fsp3) is 0.438. The van der Waals surface area contributed by atoms with Gasteiger partial charge in [-0.2, -0.15) is 0 Å². The maximum atomic E-state index is 10.5. The lowest BCUT2D eigenvalue weighted by Gasteiger charge is -2.37. The van der Waals surface area contributed by atoms with Gasteiger partial charge in [-0.25, -0.2) is 4.79 Å². The predicted molar refractivity (Wildman–Crippen MR) is 80.5 cm³/mol. The number of aliphatic carboxylic acids is 1. The van der Waals surface area contributed by atoms with Gasteiger partial charge in [0.25, 0.3) is 0 Å². The third-order valence-corrected chi connectivity index (χ3v) is 3.85. The number of nitrogens with zero attached hydrogens (tertiary/aromatic N) is 2. The van der Waals surface area contributed by atoms with Gasteiger partial charge in [0, 0.05) is 38.3 Å². The molecule has 0 radical (unpaired) electrons. The van der Waals surface area contributed by atoms with Crippen molar-refractivity contribution in [3.8, 4) is 0 Å². The Morgan fingerprint density at radius 1 is 1.35 bits per heavy atom. The van der Waals surface area contributed by atoms with Gasteiger partial charge in [-0.05, 0) is 31.2 Å². The first-order chi connectivity index (χ1) is 9.54. The molecule has 0 aliphatic carbocycles. The van der Waals surface area contributed by atoms with Gasteiger partial charge in [-0.3, -0.25) is 4.90 Å². The van der Waals surface area contributed by atoms with Crippen LogP contribution in [0.5, 0.6) is 0 Å². The van der Waals surface area contributed by atoms with Crippen molar-refractivity contribution in [2.75, 3.05) is 26.7 Å². The van der Waals surface area contributed by atoms with Crippen molar-refractivity contribution in [3.63, 3.8) is 0 Å². The van der Waals surface area contributed by atoms with Crippen LogP contribution in [-0.4, -0.2) is 53.6 Å². The molecule has 0 aromatic heterocycles. The minimum absolute atomic E-state index is 0.599. The van der Waals surface area contributed by atoms with Crippen LogP contribution in [0.25, 0.3) is 6.08 Å². The second-order valence-corrected chi connectivity index (χ2v) is 5.48. The minimum Gasteiger partial charge on any atom is -0.478 e. The van der Waals surface area contributed by atoms with Crippen LogP contribution in [0, 0.1) is 0 Å². The zero-order valence-corrected chi connectivity index (χ0v) is 12.1. The van der Waals surface area contributed by atoms with Crippen molar-refractivity contribution in [2.45, 2.75) is 19.5 Å². The van der Waals surface area contributed by atoms with Crippen LogP contribution >= 0.6 is 0 Å². The molecule has 1 aliphatic heterocycles. The van der Waals surface area contributed by atoms with Crippen LogP contribution < -0.4 is 0 Å². The number of hydrogen-bond acceptors (Lipinski definition) is 3. The topological polar surface area (TPSA) is 43.8 Å². The second-order valence-electron chi connectivity index (χ2n) is 5.48. The van der Waals surface area contributed by atoms with E-state index >= 15 is 0 Å². The lowest BCUT2D eigenvalue weighted by atomic mass is 10.1. The van der Waals surface area contributed by atoms with Crippen LogP contribution in [0.1, 0.15) is 18.1 Å². The first-order valence-corrected chi connectivity index (χ1v) is 6.97. The number of hydrogen-bond donors (Lipinski definition) is 1. The molecular formula is C16H22N2O2. The van der Waals surface area contributed by atoms with Gasteiger partial charge in [0.05, 0.1) is 0 Å². The summed E-state index contributed by atoms with van der Waals surface area (Å²) in [6, 6.07) is 8.68. The molecule has 1 aliphatic rings. The molecule has 1 atom stereocenters. The number of carboxylic acids is 1. The number of benzene rings is 1. The number of piperazine rings is 1. The van der Waals surface area contributed by atoms with Crippen LogP contribution in [0.2, 0.25) is 0 Å². The van der Waals surface area contributed by atoms with Gasteiger partial charge < -0.3 is 10.0 Å². The molecule has 0 saturated carbocycles. The van der Waals surface area contributed by atoms with Crippen molar-refractivity contribution in [2.24, 2.45) is 0 Å². The highest BCUT2D eigenvalue weighted by Crippen LogP contribution is 2.13. The fourth-order valence-electron chi connectivity index (χ4n) is 2.43. The summed E-state index contributed by atoms with van der Waals surface area (Å²) in [5.41, 5.74) is 2.19. The van der Waals surface area contributed by atoms with Gasteiger partial charge in [0.2, 0.25) is 0 Å². The summed E-state index contributed by atoms with van der Waals surface area (Å²) < 4.78 is 0. The van der Waals surface area contributed by atoms with E-state index in [9.17, 15) is 4.79 Å². The number of carbonyl (C=O) groups is 1. The highest BCUT2D eigenvalue weighted by molar-refractivity contribution is 5.85. The normalized spacial score (nSPS) is 21.4. The Kier molecular flexibility index (Phi) is 4.93. The SMILES string of the molecule is CC1CN(Cc2ccc(C=CC(=O)O)cc2)CCN1C. The van der Waals surface area contributed by atoms with Crippen molar-refractivity contribution < 1.29 is 9.90 Å². The molecule has 1 fully saturated rings. The summed E-state index contributed by atoms with van der Waals surface area (Å²) in [6.45, 7) is 6.52. The molecule has 1 N–H and O–H groups in total. The summed E-state index contributed by atoms with van der Waals surface area (Å²) in [7, 11) is 2.17. The summed E-state index contributed by atoms with van der Waals surface area (Å²) in [5.74, 6) is -0.916. The highest BCUT2D eigenvalue weighted by atomic mass is 16.4. The van der Waals surface area contributed by atoms with Crippen LogP contribution in [0.3, 0.4) is 0 Å². The van der Waals surface area contributed by atoms with Crippen molar-refractivity contribution in [1.29, 1.82) is 0 Å². The average Bonchev–Trinajstić information content (AvgIpc) is 2.42. The number of rotatable bonds is 4. The Bertz CT molecular complexity index is 482. The fourth-order valence-corrected chi connectivity index (χ4v) is 2.43. The molecule has 1 aromatic rings. The van der Waals surface area contributed by atoms with Gasteiger partial charge in [-0.15, -0.1) is 0 Å². The Balaban J connectivity index is 1.92. The Hall–Kier alpha value is -1.65. The van der Waals surface area contributed by atoms with E-state index < -0.39 is 5.97 Å². The first kappa shape index (κ1) is 14.8. The number of carboxylic acid groups (broad SMARTS) is 1. The molecular weight excluding hydrogens is 252 g/mol.